The molecule has 0 unspecified atom stereocenters. The van der Waals surface area contributed by atoms with Gasteiger partial charge in [0.25, 0.3) is 0 Å². The molecule has 1 heterocycles. The summed E-state index contributed by atoms with van der Waals surface area (Å²) in [5.74, 6) is -0.120. The number of alkyl halides is 1. The van der Waals surface area contributed by atoms with Gasteiger partial charge in [0, 0.05) is 17.5 Å². The van der Waals surface area contributed by atoms with E-state index in [0.717, 1.165) is 10.8 Å². The van der Waals surface area contributed by atoms with Crippen molar-refractivity contribution in [2.24, 2.45) is 5.41 Å². The number of piperidine rings is 1. The van der Waals surface area contributed by atoms with Gasteiger partial charge in [0.05, 0.1) is 12.0 Å². The van der Waals surface area contributed by atoms with Crippen LogP contribution in [0, 0.1) is 5.41 Å². The highest BCUT2D eigenvalue weighted by Gasteiger charge is 2.43. The zero-order valence-corrected chi connectivity index (χ0v) is 15.6. The summed E-state index contributed by atoms with van der Waals surface area (Å²) in [6.45, 7) is 8.88. The van der Waals surface area contributed by atoms with E-state index in [2.05, 4.69) is 22.6 Å². The van der Waals surface area contributed by atoms with E-state index in [1.165, 1.54) is 0 Å². The monoisotopic (exact) mass is 411 g/mol. The van der Waals surface area contributed by atoms with Gasteiger partial charge in [0.2, 0.25) is 0 Å². The van der Waals surface area contributed by atoms with Gasteiger partial charge in [-0.15, -0.1) is 0 Å². The molecule has 0 aromatic heterocycles. The molecule has 0 spiro atoms. The molecule has 1 saturated heterocycles. The van der Waals surface area contributed by atoms with Crippen molar-refractivity contribution in [3.05, 3.63) is 0 Å². The molecule has 122 valence electrons. The highest BCUT2D eigenvalue weighted by Crippen LogP contribution is 2.37. The molecule has 0 radical (unpaired) electrons. The van der Waals surface area contributed by atoms with Crippen molar-refractivity contribution in [2.45, 2.75) is 52.6 Å². The van der Waals surface area contributed by atoms with Crippen LogP contribution in [0.25, 0.3) is 0 Å². The first kappa shape index (κ1) is 18.5. The van der Waals surface area contributed by atoms with E-state index in [0.29, 0.717) is 32.5 Å². The predicted octanol–water partition coefficient (Wildman–Crippen LogP) is 3.39. The largest absolute Gasteiger partial charge is 0.466 e. The number of rotatable bonds is 4. The average molecular weight is 411 g/mol. The maximum Gasteiger partial charge on any atom is 0.410 e. The van der Waals surface area contributed by atoms with Crippen LogP contribution in [0.2, 0.25) is 0 Å². The second-order valence-electron chi connectivity index (χ2n) is 6.41. The summed E-state index contributed by atoms with van der Waals surface area (Å²) in [5.41, 5.74) is -0.926. The van der Waals surface area contributed by atoms with Gasteiger partial charge >= 0.3 is 12.1 Å². The summed E-state index contributed by atoms with van der Waals surface area (Å²) >= 11 is 2.29. The highest BCUT2D eigenvalue weighted by molar-refractivity contribution is 14.1. The fraction of sp³-hybridized carbons (Fsp3) is 0.867. The third-order valence-electron chi connectivity index (χ3n) is 3.65. The first-order chi connectivity index (χ1) is 9.74. The summed E-state index contributed by atoms with van der Waals surface area (Å²) < 4.78 is 11.5. The first-order valence-electron chi connectivity index (χ1n) is 7.45. The molecule has 21 heavy (non-hydrogen) atoms. The first-order valence-corrected chi connectivity index (χ1v) is 8.98. The molecule has 0 aliphatic carbocycles. The Morgan fingerprint density at radius 2 is 1.81 bits per heavy atom. The lowest BCUT2D eigenvalue weighted by Crippen LogP contribution is -2.48. The van der Waals surface area contributed by atoms with E-state index in [1.807, 2.05) is 27.7 Å². The molecule has 0 atom stereocenters. The number of carbonyl (C=O) groups is 2. The smallest absolute Gasteiger partial charge is 0.410 e. The van der Waals surface area contributed by atoms with Crippen LogP contribution in [0.15, 0.2) is 0 Å². The van der Waals surface area contributed by atoms with E-state index in [-0.39, 0.29) is 12.1 Å². The normalized spacial score (nSPS) is 18.2. The molecular weight excluding hydrogens is 385 g/mol. The van der Waals surface area contributed by atoms with Crippen LogP contribution in [0.1, 0.15) is 47.0 Å². The van der Waals surface area contributed by atoms with E-state index in [1.54, 1.807) is 4.90 Å². The lowest BCUT2D eigenvalue weighted by Gasteiger charge is -2.40. The molecule has 1 amide bonds. The molecule has 0 aromatic rings. The maximum atomic E-state index is 12.3. The number of likely N-dealkylation sites (tertiary alicyclic amines) is 1. The number of carbonyl (C=O) groups excluding carboxylic acids is 2. The molecule has 6 heteroatoms. The van der Waals surface area contributed by atoms with Gasteiger partial charge in [0.1, 0.15) is 5.60 Å². The SMILES string of the molecule is CCOC(=O)C1(CCI)CCN(C(=O)OC(C)(C)C)CC1. The van der Waals surface area contributed by atoms with Crippen molar-refractivity contribution in [1.29, 1.82) is 0 Å². The number of nitrogens with zero attached hydrogens (tertiary/aromatic N) is 1. The second-order valence-corrected chi connectivity index (χ2v) is 7.49. The second kappa shape index (κ2) is 7.65. The Morgan fingerprint density at radius 3 is 2.24 bits per heavy atom. The molecule has 0 bridgehead atoms. The summed E-state index contributed by atoms with van der Waals surface area (Å²) in [5, 5.41) is 0. The maximum absolute atomic E-state index is 12.3. The zero-order valence-electron chi connectivity index (χ0n) is 13.4. The number of ether oxygens (including phenoxy) is 2. The van der Waals surface area contributed by atoms with Gasteiger partial charge in [0.15, 0.2) is 0 Å². The Labute approximate surface area is 140 Å². The van der Waals surface area contributed by atoms with Crippen LogP contribution in [0.4, 0.5) is 4.79 Å². The Bertz CT molecular complexity index is 370. The molecular formula is C15H26INO4. The molecule has 1 aliphatic rings. The van der Waals surface area contributed by atoms with Crippen LogP contribution in [0.3, 0.4) is 0 Å². The molecule has 5 nitrogen and oxygen atoms in total. The van der Waals surface area contributed by atoms with Gasteiger partial charge in [-0.1, -0.05) is 22.6 Å². The van der Waals surface area contributed by atoms with E-state index in [9.17, 15) is 9.59 Å². The molecule has 0 aromatic carbocycles. The topological polar surface area (TPSA) is 55.8 Å². The number of halogens is 1. The summed E-state index contributed by atoms with van der Waals surface area (Å²) in [7, 11) is 0. The van der Waals surface area contributed by atoms with Gasteiger partial charge in [-0.2, -0.15) is 0 Å². The van der Waals surface area contributed by atoms with Crippen molar-refractivity contribution in [3.63, 3.8) is 0 Å². The highest BCUT2D eigenvalue weighted by atomic mass is 127. The summed E-state index contributed by atoms with van der Waals surface area (Å²) in [6.07, 6.45) is 1.80. The zero-order chi connectivity index (χ0) is 16.1. The molecule has 1 aliphatic heterocycles. The van der Waals surface area contributed by atoms with Crippen molar-refractivity contribution < 1.29 is 19.1 Å². The minimum Gasteiger partial charge on any atom is -0.466 e. The number of amides is 1. The van der Waals surface area contributed by atoms with Gasteiger partial charge in [-0.05, 0) is 47.0 Å². The quantitative estimate of drug-likeness (QED) is 0.404. The predicted molar refractivity (Wildman–Crippen MR) is 89.6 cm³/mol. The number of hydrogen-bond donors (Lipinski definition) is 0. The van der Waals surface area contributed by atoms with Crippen molar-refractivity contribution >= 4 is 34.7 Å². The lowest BCUT2D eigenvalue weighted by atomic mass is 9.76. The molecule has 1 fully saturated rings. The Morgan fingerprint density at radius 1 is 1.24 bits per heavy atom. The Kier molecular flexibility index (Phi) is 6.74. The van der Waals surface area contributed by atoms with Crippen LogP contribution >= 0.6 is 22.6 Å². The van der Waals surface area contributed by atoms with Gasteiger partial charge < -0.3 is 14.4 Å². The fourth-order valence-corrected chi connectivity index (χ4v) is 3.50. The fourth-order valence-electron chi connectivity index (χ4n) is 2.47. The molecule has 0 saturated carbocycles. The Balaban J connectivity index is 2.66. The van der Waals surface area contributed by atoms with Crippen LogP contribution in [-0.2, 0) is 14.3 Å². The standard InChI is InChI=1S/C15H26INO4/c1-5-20-12(18)15(6-9-16)7-10-17(11-8-15)13(19)21-14(2,3)4/h5-11H2,1-4H3. The minimum atomic E-state index is -0.491. The van der Waals surface area contributed by atoms with Crippen molar-refractivity contribution in [2.75, 3.05) is 24.1 Å². The van der Waals surface area contributed by atoms with Crippen LogP contribution in [0.5, 0.6) is 0 Å². The van der Waals surface area contributed by atoms with Gasteiger partial charge in [-0.25, -0.2) is 4.79 Å². The van der Waals surface area contributed by atoms with Gasteiger partial charge in [-0.3, -0.25) is 4.79 Å². The summed E-state index contributed by atoms with van der Waals surface area (Å²) in [4.78, 5) is 26.0. The third kappa shape index (κ3) is 5.30. The third-order valence-corrected chi connectivity index (χ3v) is 4.19. The number of hydrogen-bond acceptors (Lipinski definition) is 4. The van der Waals surface area contributed by atoms with Crippen LogP contribution < -0.4 is 0 Å². The van der Waals surface area contributed by atoms with Crippen molar-refractivity contribution in [1.82, 2.24) is 4.90 Å². The van der Waals surface area contributed by atoms with E-state index < -0.39 is 11.0 Å². The number of esters is 1. The van der Waals surface area contributed by atoms with Crippen molar-refractivity contribution in [3.8, 4) is 0 Å². The molecule has 1 rings (SSSR count). The molecule has 0 N–H and O–H groups in total. The van der Waals surface area contributed by atoms with E-state index >= 15 is 0 Å². The van der Waals surface area contributed by atoms with E-state index in [4.69, 9.17) is 9.47 Å². The average Bonchev–Trinajstić information content (AvgIpc) is 2.38. The van der Waals surface area contributed by atoms with Crippen LogP contribution in [-0.4, -0.2) is 46.7 Å². The lowest BCUT2D eigenvalue weighted by molar-refractivity contribution is -0.158. The Hall–Kier alpha value is -0.530. The summed E-state index contributed by atoms with van der Waals surface area (Å²) in [6, 6.07) is 0. The minimum absolute atomic E-state index is 0.120.